The van der Waals surface area contributed by atoms with Crippen molar-refractivity contribution in [1.82, 2.24) is 10.2 Å². The molecule has 2 N–H and O–H groups in total. The summed E-state index contributed by atoms with van der Waals surface area (Å²) in [5, 5.41) is 5.90. The standard InChI is InChI=1S/C13H18FN3O.ClH/c1-15-12-6-3-7-17(9-12)13(18)16-11-5-2-4-10(14)8-11;/h2,4-5,8,12,15H,3,6-7,9H2,1H3,(H,16,18);1H. The lowest BCUT2D eigenvalue weighted by Gasteiger charge is -2.32. The molecule has 0 aliphatic carbocycles. The fraction of sp³-hybridized carbons (Fsp3) is 0.462. The number of carbonyl (C=O) groups is 1. The molecule has 106 valence electrons. The number of benzene rings is 1. The quantitative estimate of drug-likeness (QED) is 0.878. The van der Waals surface area contributed by atoms with Crippen LogP contribution in [0.15, 0.2) is 24.3 Å². The molecule has 1 aliphatic rings. The summed E-state index contributed by atoms with van der Waals surface area (Å²) in [5.74, 6) is -0.348. The predicted molar refractivity (Wildman–Crippen MR) is 76.3 cm³/mol. The lowest BCUT2D eigenvalue weighted by atomic mass is 10.1. The molecule has 2 rings (SSSR count). The Labute approximate surface area is 118 Å². The minimum atomic E-state index is -0.348. The second kappa shape index (κ2) is 7.31. The summed E-state index contributed by atoms with van der Waals surface area (Å²) >= 11 is 0. The number of rotatable bonds is 2. The van der Waals surface area contributed by atoms with Crippen molar-refractivity contribution in [1.29, 1.82) is 0 Å². The summed E-state index contributed by atoms with van der Waals surface area (Å²) in [6.45, 7) is 1.44. The van der Waals surface area contributed by atoms with Crippen molar-refractivity contribution in [2.45, 2.75) is 18.9 Å². The molecule has 1 atom stereocenters. The van der Waals surface area contributed by atoms with Crippen LogP contribution in [0.4, 0.5) is 14.9 Å². The number of halogens is 2. The van der Waals surface area contributed by atoms with Crippen LogP contribution in [0.3, 0.4) is 0 Å². The molecule has 6 heteroatoms. The van der Waals surface area contributed by atoms with E-state index in [1.54, 1.807) is 17.0 Å². The highest BCUT2D eigenvalue weighted by molar-refractivity contribution is 5.89. The van der Waals surface area contributed by atoms with E-state index in [9.17, 15) is 9.18 Å². The maximum absolute atomic E-state index is 13.0. The van der Waals surface area contributed by atoms with Crippen LogP contribution in [-0.2, 0) is 0 Å². The number of urea groups is 1. The van der Waals surface area contributed by atoms with E-state index in [-0.39, 0.29) is 24.3 Å². The Kier molecular flexibility index (Phi) is 6.05. The number of likely N-dealkylation sites (N-methyl/N-ethyl adjacent to an activating group) is 1. The first-order chi connectivity index (χ1) is 8.69. The number of nitrogens with zero attached hydrogens (tertiary/aromatic N) is 1. The van der Waals surface area contributed by atoms with Gasteiger partial charge in [0.05, 0.1) is 0 Å². The summed E-state index contributed by atoms with van der Waals surface area (Å²) in [7, 11) is 1.90. The molecule has 4 nitrogen and oxygen atoms in total. The van der Waals surface area contributed by atoms with E-state index < -0.39 is 0 Å². The number of hydrogen-bond acceptors (Lipinski definition) is 2. The third-order valence-electron chi connectivity index (χ3n) is 3.19. The van der Waals surface area contributed by atoms with Crippen LogP contribution in [0.25, 0.3) is 0 Å². The molecular formula is C13H19ClFN3O. The lowest BCUT2D eigenvalue weighted by Crippen LogP contribution is -2.48. The normalized spacial score (nSPS) is 18.6. The zero-order valence-electron chi connectivity index (χ0n) is 10.9. The van der Waals surface area contributed by atoms with Crippen molar-refractivity contribution in [2.75, 3.05) is 25.5 Å². The van der Waals surface area contributed by atoms with Crippen LogP contribution < -0.4 is 10.6 Å². The van der Waals surface area contributed by atoms with Crippen molar-refractivity contribution in [3.05, 3.63) is 30.1 Å². The van der Waals surface area contributed by atoms with Crippen molar-refractivity contribution >= 4 is 24.1 Å². The zero-order chi connectivity index (χ0) is 13.0. The molecule has 0 spiro atoms. The first-order valence-corrected chi connectivity index (χ1v) is 6.18. The molecule has 1 saturated heterocycles. The monoisotopic (exact) mass is 287 g/mol. The van der Waals surface area contributed by atoms with E-state index in [0.717, 1.165) is 19.4 Å². The number of anilines is 1. The number of amides is 2. The first-order valence-electron chi connectivity index (χ1n) is 6.18. The molecule has 1 fully saturated rings. The van der Waals surface area contributed by atoms with E-state index in [1.807, 2.05) is 7.05 Å². The van der Waals surface area contributed by atoms with Gasteiger partial charge in [0.25, 0.3) is 0 Å². The van der Waals surface area contributed by atoms with Crippen molar-refractivity contribution in [2.24, 2.45) is 0 Å². The van der Waals surface area contributed by atoms with Gasteiger partial charge < -0.3 is 15.5 Å². The summed E-state index contributed by atoms with van der Waals surface area (Å²) in [6.07, 6.45) is 2.07. The smallest absolute Gasteiger partial charge is 0.321 e. The summed E-state index contributed by atoms with van der Waals surface area (Å²) in [6, 6.07) is 6.11. The molecule has 1 heterocycles. The van der Waals surface area contributed by atoms with E-state index >= 15 is 0 Å². The van der Waals surface area contributed by atoms with Gasteiger partial charge in [0.15, 0.2) is 0 Å². The SMILES string of the molecule is CNC1CCCN(C(=O)Nc2cccc(F)c2)C1.Cl. The molecule has 1 aromatic carbocycles. The highest BCUT2D eigenvalue weighted by atomic mass is 35.5. The molecule has 0 bridgehead atoms. The minimum absolute atomic E-state index is 0. The Hall–Kier alpha value is -1.33. The maximum Gasteiger partial charge on any atom is 0.321 e. The van der Waals surface area contributed by atoms with Gasteiger partial charge in [-0.15, -0.1) is 12.4 Å². The highest BCUT2D eigenvalue weighted by Crippen LogP contribution is 2.13. The average Bonchev–Trinajstić information content (AvgIpc) is 2.39. The molecule has 0 saturated carbocycles. The van der Waals surface area contributed by atoms with Crippen LogP contribution in [0.2, 0.25) is 0 Å². The Morgan fingerprint density at radius 1 is 1.47 bits per heavy atom. The molecule has 2 amide bonds. The molecule has 1 unspecified atom stereocenters. The average molecular weight is 288 g/mol. The fourth-order valence-corrected chi connectivity index (χ4v) is 2.17. The van der Waals surface area contributed by atoms with Gasteiger partial charge in [-0.25, -0.2) is 9.18 Å². The summed E-state index contributed by atoms with van der Waals surface area (Å²) in [4.78, 5) is 13.8. The number of piperidine rings is 1. The van der Waals surface area contributed by atoms with Gasteiger partial charge in [-0.2, -0.15) is 0 Å². The lowest BCUT2D eigenvalue weighted by molar-refractivity contribution is 0.187. The van der Waals surface area contributed by atoms with E-state index in [2.05, 4.69) is 10.6 Å². The third-order valence-corrected chi connectivity index (χ3v) is 3.19. The van der Waals surface area contributed by atoms with Crippen LogP contribution >= 0.6 is 12.4 Å². The maximum atomic E-state index is 13.0. The van der Waals surface area contributed by atoms with Gasteiger partial charge in [-0.3, -0.25) is 0 Å². The van der Waals surface area contributed by atoms with E-state index in [1.165, 1.54) is 12.1 Å². The highest BCUT2D eigenvalue weighted by Gasteiger charge is 2.22. The number of likely N-dealkylation sites (tertiary alicyclic amines) is 1. The van der Waals surface area contributed by atoms with Gasteiger partial charge in [0.1, 0.15) is 5.82 Å². The Balaban J connectivity index is 0.00000180. The van der Waals surface area contributed by atoms with Gasteiger partial charge in [-0.05, 0) is 38.1 Å². The van der Waals surface area contributed by atoms with E-state index in [0.29, 0.717) is 18.3 Å². The molecule has 19 heavy (non-hydrogen) atoms. The molecule has 0 radical (unpaired) electrons. The minimum Gasteiger partial charge on any atom is -0.323 e. The predicted octanol–water partition coefficient (Wildman–Crippen LogP) is 2.46. The van der Waals surface area contributed by atoms with Crippen LogP contribution in [0.1, 0.15) is 12.8 Å². The number of hydrogen-bond donors (Lipinski definition) is 2. The second-order valence-corrected chi connectivity index (χ2v) is 4.51. The topological polar surface area (TPSA) is 44.4 Å². The Morgan fingerprint density at radius 3 is 2.95 bits per heavy atom. The largest absolute Gasteiger partial charge is 0.323 e. The molecule has 0 aromatic heterocycles. The van der Waals surface area contributed by atoms with Crippen LogP contribution in [0.5, 0.6) is 0 Å². The second-order valence-electron chi connectivity index (χ2n) is 4.51. The fourth-order valence-electron chi connectivity index (χ4n) is 2.17. The first kappa shape index (κ1) is 15.7. The zero-order valence-corrected chi connectivity index (χ0v) is 11.7. The van der Waals surface area contributed by atoms with Gasteiger partial charge in [0, 0.05) is 24.8 Å². The van der Waals surface area contributed by atoms with Gasteiger partial charge in [-0.1, -0.05) is 6.07 Å². The summed E-state index contributed by atoms with van der Waals surface area (Å²) < 4.78 is 13.0. The van der Waals surface area contributed by atoms with Crippen molar-refractivity contribution < 1.29 is 9.18 Å². The Morgan fingerprint density at radius 2 is 2.26 bits per heavy atom. The molecular weight excluding hydrogens is 269 g/mol. The van der Waals surface area contributed by atoms with E-state index in [4.69, 9.17) is 0 Å². The van der Waals surface area contributed by atoms with Crippen LogP contribution in [0, 0.1) is 5.82 Å². The molecule has 1 aromatic rings. The van der Waals surface area contributed by atoms with Crippen LogP contribution in [-0.4, -0.2) is 37.1 Å². The number of carbonyl (C=O) groups excluding carboxylic acids is 1. The number of nitrogens with one attached hydrogen (secondary N) is 2. The summed E-state index contributed by atoms with van der Waals surface area (Å²) in [5.41, 5.74) is 0.492. The van der Waals surface area contributed by atoms with Crippen molar-refractivity contribution in [3.63, 3.8) is 0 Å². The van der Waals surface area contributed by atoms with Gasteiger partial charge >= 0.3 is 6.03 Å². The Bertz CT molecular complexity index is 430. The van der Waals surface area contributed by atoms with Crippen molar-refractivity contribution in [3.8, 4) is 0 Å². The third kappa shape index (κ3) is 4.36. The molecule has 1 aliphatic heterocycles. The van der Waals surface area contributed by atoms with Gasteiger partial charge in [0.2, 0.25) is 0 Å².